The van der Waals surface area contributed by atoms with Crippen LogP contribution in [0.4, 0.5) is 10.5 Å². The maximum Gasteiger partial charge on any atom is 0.348 e. The first-order valence-corrected chi connectivity index (χ1v) is 7.88. The Balaban J connectivity index is 2.17. The lowest BCUT2D eigenvalue weighted by molar-refractivity contribution is 0.0703. The highest BCUT2D eigenvalue weighted by Gasteiger charge is 2.13. The summed E-state index contributed by atoms with van der Waals surface area (Å²) in [6.07, 6.45) is 7.01. The number of unbranched alkanes of at least 4 members (excludes halogenated alkanes) is 5. The lowest BCUT2D eigenvalue weighted by atomic mass is 10.1. The molecule has 0 fully saturated rings. The molecule has 0 saturated heterocycles. The Morgan fingerprint density at radius 1 is 1.20 bits per heavy atom. The number of aromatic carboxylic acids is 1. The summed E-state index contributed by atoms with van der Waals surface area (Å²) in [5.41, 5.74) is 0.350. The Hall–Kier alpha value is -1.56. The van der Waals surface area contributed by atoms with Crippen molar-refractivity contribution in [2.75, 3.05) is 11.9 Å². The van der Waals surface area contributed by atoms with Crippen LogP contribution in [0.25, 0.3) is 0 Å². The fraction of sp³-hybridized carbons (Fsp3) is 0.571. The Kier molecular flexibility index (Phi) is 7.72. The number of carboxylic acids is 1. The highest BCUT2D eigenvalue weighted by atomic mass is 32.1. The first-order chi connectivity index (χ1) is 9.65. The van der Waals surface area contributed by atoms with Crippen LogP contribution in [-0.2, 0) is 0 Å². The van der Waals surface area contributed by atoms with Gasteiger partial charge in [-0.05, 0) is 17.9 Å². The van der Waals surface area contributed by atoms with Gasteiger partial charge in [-0.1, -0.05) is 39.0 Å². The average molecular weight is 298 g/mol. The van der Waals surface area contributed by atoms with Gasteiger partial charge in [0.25, 0.3) is 0 Å². The largest absolute Gasteiger partial charge is 0.477 e. The van der Waals surface area contributed by atoms with Crippen molar-refractivity contribution in [3.05, 3.63) is 16.3 Å². The van der Waals surface area contributed by atoms with Crippen LogP contribution in [-0.4, -0.2) is 23.7 Å². The van der Waals surface area contributed by atoms with Crippen LogP contribution in [0.2, 0.25) is 0 Å². The molecule has 1 aromatic rings. The topological polar surface area (TPSA) is 78.4 Å². The predicted molar refractivity (Wildman–Crippen MR) is 81.7 cm³/mol. The minimum absolute atomic E-state index is 0.153. The summed E-state index contributed by atoms with van der Waals surface area (Å²) < 4.78 is 0. The number of hydrogen-bond donors (Lipinski definition) is 3. The van der Waals surface area contributed by atoms with E-state index in [0.717, 1.165) is 24.2 Å². The van der Waals surface area contributed by atoms with Gasteiger partial charge in [0.15, 0.2) is 0 Å². The minimum atomic E-state index is -1.02. The third kappa shape index (κ3) is 6.06. The number of anilines is 1. The van der Waals surface area contributed by atoms with Crippen molar-refractivity contribution < 1.29 is 14.7 Å². The van der Waals surface area contributed by atoms with E-state index >= 15 is 0 Å². The molecule has 0 aromatic carbocycles. The maximum atomic E-state index is 11.6. The Morgan fingerprint density at radius 3 is 2.60 bits per heavy atom. The van der Waals surface area contributed by atoms with Crippen molar-refractivity contribution in [3.63, 3.8) is 0 Å². The number of hydrogen-bond acceptors (Lipinski definition) is 3. The smallest absolute Gasteiger partial charge is 0.348 e. The molecule has 112 valence electrons. The first kappa shape index (κ1) is 16.5. The molecular formula is C14H22N2O3S. The zero-order valence-corrected chi connectivity index (χ0v) is 12.6. The van der Waals surface area contributed by atoms with Gasteiger partial charge in [0.1, 0.15) is 4.88 Å². The van der Waals surface area contributed by atoms with Gasteiger partial charge >= 0.3 is 12.0 Å². The van der Waals surface area contributed by atoms with Gasteiger partial charge in [0, 0.05) is 6.54 Å². The summed E-state index contributed by atoms with van der Waals surface area (Å²) in [6, 6.07) is 1.25. The zero-order chi connectivity index (χ0) is 14.8. The van der Waals surface area contributed by atoms with E-state index in [2.05, 4.69) is 17.6 Å². The fourth-order valence-corrected chi connectivity index (χ4v) is 2.53. The van der Waals surface area contributed by atoms with Crippen LogP contribution in [0.1, 0.15) is 55.1 Å². The number of urea groups is 1. The lowest BCUT2D eigenvalue weighted by Gasteiger charge is -2.07. The number of carboxylic acid groups (broad SMARTS) is 1. The second-order valence-electron chi connectivity index (χ2n) is 4.62. The molecule has 0 saturated carbocycles. The van der Waals surface area contributed by atoms with Crippen LogP contribution in [0.5, 0.6) is 0 Å². The van der Waals surface area contributed by atoms with Gasteiger partial charge in [0.05, 0.1) is 5.69 Å². The minimum Gasteiger partial charge on any atom is -0.477 e. The maximum absolute atomic E-state index is 11.6. The average Bonchev–Trinajstić information content (AvgIpc) is 2.86. The van der Waals surface area contributed by atoms with Gasteiger partial charge < -0.3 is 15.7 Å². The van der Waals surface area contributed by atoms with E-state index in [1.54, 1.807) is 11.4 Å². The predicted octanol–water partition coefficient (Wildman–Crippen LogP) is 3.93. The molecule has 6 heteroatoms. The number of amides is 2. The van der Waals surface area contributed by atoms with E-state index in [1.165, 1.54) is 25.7 Å². The van der Waals surface area contributed by atoms with Crippen molar-refractivity contribution in [1.29, 1.82) is 0 Å². The van der Waals surface area contributed by atoms with Gasteiger partial charge in [0.2, 0.25) is 0 Å². The molecule has 1 rings (SSSR count). The summed E-state index contributed by atoms with van der Waals surface area (Å²) in [6.45, 7) is 2.80. The number of carbonyl (C=O) groups is 2. The van der Waals surface area contributed by atoms with Crippen LogP contribution < -0.4 is 10.6 Å². The quantitative estimate of drug-likeness (QED) is 0.604. The van der Waals surface area contributed by atoms with Crippen LogP contribution >= 0.6 is 11.3 Å². The molecular weight excluding hydrogens is 276 g/mol. The summed E-state index contributed by atoms with van der Waals surface area (Å²) in [4.78, 5) is 22.7. The van der Waals surface area contributed by atoms with E-state index < -0.39 is 5.97 Å². The van der Waals surface area contributed by atoms with Gasteiger partial charge in [-0.3, -0.25) is 0 Å². The normalized spacial score (nSPS) is 10.2. The number of nitrogens with one attached hydrogen (secondary N) is 2. The molecule has 1 heterocycles. The molecule has 0 spiro atoms. The monoisotopic (exact) mass is 298 g/mol. The van der Waals surface area contributed by atoms with Gasteiger partial charge in [-0.25, -0.2) is 9.59 Å². The molecule has 0 bridgehead atoms. The molecule has 2 amide bonds. The SMILES string of the molecule is CCCCCCCCNC(=O)Nc1ccsc1C(=O)O. The number of rotatable bonds is 9. The van der Waals surface area contributed by atoms with E-state index in [-0.39, 0.29) is 10.9 Å². The van der Waals surface area contributed by atoms with Crippen molar-refractivity contribution in [2.45, 2.75) is 45.4 Å². The van der Waals surface area contributed by atoms with Crippen molar-refractivity contribution in [3.8, 4) is 0 Å². The molecule has 3 N–H and O–H groups in total. The number of thiophene rings is 1. The van der Waals surface area contributed by atoms with Crippen molar-refractivity contribution in [1.82, 2.24) is 5.32 Å². The highest BCUT2D eigenvalue weighted by Crippen LogP contribution is 2.21. The van der Waals surface area contributed by atoms with E-state index in [4.69, 9.17) is 5.11 Å². The van der Waals surface area contributed by atoms with Gasteiger partial charge in [-0.15, -0.1) is 11.3 Å². The van der Waals surface area contributed by atoms with Crippen molar-refractivity contribution in [2.24, 2.45) is 0 Å². The third-order valence-corrected chi connectivity index (χ3v) is 3.83. The van der Waals surface area contributed by atoms with Crippen LogP contribution in [0.15, 0.2) is 11.4 Å². The van der Waals surface area contributed by atoms with Crippen LogP contribution in [0.3, 0.4) is 0 Å². The van der Waals surface area contributed by atoms with E-state index in [1.807, 2.05) is 0 Å². The molecule has 0 radical (unpaired) electrons. The Morgan fingerprint density at radius 2 is 1.90 bits per heavy atom. The second-order valence-corrected chi connectivity index (χ2v) is 5.53. The summed E-state index contributed by atoms with van der Waals surface area (Å²) in [5.74, 6) is -1.02. The molecule has 0 atom stereocenters. The number of carbonyl (C=O) groups excluding carboxylic acids is 1. The third-order valence-electron chi connectivity index (χ3n) is 2.92. The first-order valence-electron chi connectivity index (χ1n) is 7.00. The van der Waals surface area contributed by atoms with Gasteiger partial charge in [-0.2, -0.15) is 0 Å². The molecule has 5 nitrogen and oxygen atoms in total. The van der Waals surface area contributed by atoms with Crippen LogP contribution in [0, 0.1) is 0 Å². The zero-order valence-electron chi connectivity index (χ0n) is 11.8. The molecule has 0 unspecified atom stereocenters. The highest BCUT2D eigenvalue weighted by molar-refractivity contribution is 7.12. The summed E-state index contributed by atoms with van der Waals surface area (Å²) in [5, 5.41) is 15.9. The Bertz CT molecular complexity index is 432. The van der Waals surface area contributed by atoms with Crippen molar-refractivity contribution >= 4 is 29.0 Å². The molecule has 20 heavy (non-hydrogen) atoms. The molecule has 0 aliphatic rings. The Labute approximate surface area is 123 Å². The molecule has 1 aromatic heterocycles. The lowest BCUT2D eigenvalue weighted by Crippen LogP contribution is -2.29. The second kappa shape index (κ2) is 9.36. The standard InChI is InChI=1S/C14H22N2O3S/c1-2-3-4-5-6-7-9-15-14(19)16-11-8-10-20-12(11)13(17)18/h8,10H,2-7,9H2,1H3,(H,17,18)(H2,15,16,19). The van der Waals surface area contributed by atoms with E-state index in [0.29, 0.717) is 12.2 Å². The molecule has 0 aliphatic carbocycles. The summed E-state index contributed by atoms with van der Waals surface area (Å²) >= 11 is 1.10. The summed E-state index contributed by atoms with van der Waals surface area (Å²) in [7, 11) is 0. The fourth-order valence-electron chi connectivity index (χ4n) is 1.85. The molecule has 0 aliphatic heterocycles. The van der Waals surface area contributed by atoms with E-state index in [9.17, 15) is 9.59 Å².